The lowest BCUT2D eigenvalue weighted by molar-refractivity contribution is 0.319. The number of ether oxygens (including phenoxy) is 2. The number of pyridine rings is 1. The summed E-state index contributed by atoms with van der Waals surface area (Å²) < 4.78 is 24.4. The first-order chi connectivity index (χ1) is 14.7. The van der Waals surface area contributed by atoms with Crippen molar-refractivity contribution in [3.8, 4) is 17.4 Å². The number of guanidine groups is 1. The van der Waals surface area contributed by atoms with E-state index in [1.54, 1.807) is 25.4 Å². The van der Waals surface area contributed by atoms with E-state index in [1.165, 1.54) is 12.1 Å². The molecule has 0 aliphatic heterocycles. The van der Waals surface area contributed by atoms with Gasteiger partial charge in [-0.15, -0.1) is 0 Å². The lowest BCUT2D eigenvalue weighted by Gasteiger charge is -2.13. The van der Waals surface area contributed by atoms with Gasteiger partial charge in [0.25, 0.3) is 0 Å². The van der Waals surface area contributed by atoms with Crippen LogP contribution < -0.4 is 20.1 Å². The molecule has 0 saturated heterocycles. The maximum atomic E-state index is 13.0. The molecule has 0 aliphatic rings. The van der Waals surface area contributed by atoms with Gasteiger partial charge >= 0.3 is 0 Å². The molecule has 0 bridgehead atoms. The maximum absolute atomic E-state index is 13.0. The van der Waals surface area contributed by atoms with Gasteiger partial charge in [0, 0.05) is 32.4 Å². The van der Waals surface area contributed by atoms with Gasteiger partial charge in [0.1, 0.15) is 5.82 Å². The predicted molar refractivity (Wildman–Crippen MR) is 115 cm³/mol. The van der Waals surface area contributed by atoms with Gasteiger partial charge in [-0.3, -0.25) is 4.99 Å². The zero-order valence-corrected chi connectivity index (χ0v) is 17.1. The molecule has 7 heteroatoms. The van der Waals surface area contributed by atoms with Crippen LogP contribution in [0.5, 0.6) is 17.4 Å². The Kier molecular flexibility index (Phi) is 7.60. The van der Waals surface area contributed by atoms with Crippen LogP contribution in [-0.4, -0.2) is 24.6 Å². The topological polar surface area (TPSA) is 67.8 Å². The summed E-state index contributed by atoms with van der Waals surface area (Å²) in [5, 5.41) is 6.42. The van der Waals surface area contributed by atoms with Crippen molar-refractivity contribution in [1.29, 1.82) is 0 Å². The summed E-state index contributed by atoms with van der Waals surface area (Å²) >= 11 is 0. The summed E-state index contributed by atoms with van der Waals surface area (Å²) in [6, 6.07) is 17.6. The molecule has 2 N–H and O–H groups in total. The van der Waals surface area contributed by atoms with Gasteiger partial charge < -0.3 is 20.1 Å². The number of hydrogen-bond acceptors (Lipinski definition) is 4. The monoisotopic (exact) mass is 408 g/mol. The highest BCUT2D eigenvalue weighted by atomic mass is 19.1. The fourth-order valence-corrected chi connectivity index (χ4v) is 2.69. The minimum Gasteiger partial charge on any atom is -0.490 e. The zero-order chi connectivity index (χ0) is 21.2. The van der Waals surface area contributed by atoms with Crippen molar-refractivity contribution in [2.75, 3.05) is 13.7 Å². The van der Waals surface area contributed by atoms with Crippen molar-refractivity contribution < 1.29 is 13.9 Å². The van der Waals surface area contributed by atoms with Crippen molar-refractivity contribution in [2.24, 2.45) is 4.99 Å². The van der Waals surface area contributed by atoms with Gasteiger partial charge in [-0.2, -0.15) is 0 Å². The normalized spacial score (nSPS) is 11.1. The summed E-state index contributed by atoms with van der Waals surface area (Å²) in [6.07, 6.45) is 1.75. The molecular weight excluding hydrogens is 383 g/mol. The summed E-state index contributed by atoms with van der Waals surface area (Å²) in [5.41, 5.74) is 1.94. The standard InChI is InChI=1S/C23H25FN4O2/c1-3-29-20-6-4-5-7-21(20)30-22-13-10-18(15-26-22)16-28-23(25-2)27-14-17-8-11-19(24)12-9-17/h4-13,15H,3,14,16H2,1-2H3,(H2,25,27,28). The molecule has 156 valence electrons. The first-order valence-corrected chi connectivity index (χ1v) is 9.71. The highest BCUT2D eigenvalue weighted by molar-refractivity contribution is 5.79. The Morgan fingerprint density at radius 2 is 1.60 bits per heavy atom. The van der Waals surface area contributed by atoms with Gasteiger partial charge in [-0.1, -0.05) is 30.3 Å². The Balaban J connectivity index is 1.52. The average molecular weight is 408 g/mol. The summed E-state index contributed by atoms with van der Waals surface area (Å²) in [4.78, 5) is 8.56. The molecule has 1 heterocycles. The molecule has 2 aromatic carbocycles. The molecule has 0 unspecified atom stereocenters. The van der Waals surface area contributed by atoms with Gasteiger partial charge in [0.2, 0.25) is 5.88 Å². The SMILES string of the molecule is CCOc1ccccc1Oc1ccc(CNC(=NC)NCc2ccc(F)cc2)cn1. The molecule has 30 heavy (non-hydrogen) atoms. The Morgan fingerprint density at radius 3 is 2.23 bits per heavy atom. The molecule has 3 aromatic rings. The van der Waals surface area contributed by atoms with Crippen LogP contribution in [0.15, 0.2) is 71.9 Å². The van der Waals surface area contributed by atoms with Crippen LogP contribution in [0.25, 0.3) is 0 Å². The lowest BCUT2D eigenvalue weighted by Crippen LogP contribution is -2.36. The number of para-hydroxylation sites is 2. The number of nitrogens with zero attached hydrogens (tertiary/aromatic N) is 2. The molecule has 0 aliphatic carbocycles. The fourth-order valence-electron chi connectivity index (χ4n) is 2.69. The molecule has 1 aromatic heterocycles. The van der Waals surface area contributed by atoms with Crippen molar-refractivity contribution in [1.82, 2.24) is 15.6 Å². The van der Waals surface area contributed by atoms with Crippen LogP contribution in [0.3, 0.4) is 0 Å². The van der Waals surface area contributed by atoms with E-state index >= 15 is 0 Å². The van der Waals surface area contributed by atoms with E-state index in [1.807, 2.05) is 43.3 Å². The van der Waals surface area contributed by atoms with Gasteiger partial charge in [-0.05, 0) is 42.3 Å². The molecule has 0 spiro atoms. The fraction of sp³-hybridized carbons (Fsp3) is 0.217. The first kappa shape index (κ1) is 21.1. The summed E-state index contributed by atoms with van der Waals surface area (Å²) in [6.45, 7) is 3.59. The minimum absolute atomic E-state index is 0.248. The third-order valence-corrected chi connectivity index (χ3v) is 4.22. The first-order valence-electron chi connectivity index (χ1n) is 9.71. The van der Waals surface area contributed by atoms with Crippen molar-refractivity contribution in [3.05, 3.63) is 83.8 Å². The second-order valence-electron chi connectivity index (χ2n) is 6.39. The highest BCUT2D eigenvalue weighted by Crippen LogP contribution is 2.30. The van der Waals surface area contributed by atoms with Crippen LogP contribution in [0.1, 0.15) is 18.1 Å². The van der Waals surface area contributed by atoms with Gasteiger partial charge in [0.15, 0.2) is 17.5 Å². The van der Waals surface area contributed by atoms with Gasteiger partial charge in [-0.25, -0.2) is 9.37 Å². The molecule has 0 fully saturated rings. The number of aromatic nitrogens is 1. The largest absolute Gasteiger partial charge is 0.490 e. The number of halogens is 1. The van der Waals surface area contributed by atoms with Crippen LogP contribution in [0.4, 0.5) is 4.39 Å². The molecule has 0 atom stereocenters. The third kappa shape index (κ3) is 6.20. The Morgan fingerprint density at radius 1 is 0.933 bits per heavy atom. The van der Waals surface area contributed by atoms with E-state index < -0.39 is 0 Å². The number of aliphatic imine (C=N–C) groups is 1. The summed E-state index contributed by atoms with van der Waals surface area (Å²) in [7, 11) is 1.70. The van der Waals surface area contributed by atoms with Crippen LogP contribution in [-0.2, 0) is 13.1 Å². The Labute approximate surface area is 175 Å². The number of benzene rings is 2. The number of hydrogen-bond donors (Lipinski definition) is 2. The van der Waals surface area contributed by atoms with E-state index in [0.29, 0.717) is 43.0 Å². The van der Waals surface area contributed by atoms with Crippen molar-refractivity contribution in [3.63, 3.8) is 0 Å². The Bertz CT molecular complexity index is 960. The zero-order valence-electron chi connectivity index (χ0n) is 17.1. The van der Waals surface area contributed by atoms with Crippen LogP contribution >= 0.6 is 0 Å². The van der Waals surface area contributed by atoms with E-state index in [4.69, 9.17) is 9.47 Å². The second-order valence-corrected chi connectivity index (χ2v) is 6.39. The predicted octanol–water partition coefficient (Wildman–Crippen LogP) is 4.28. The van der Waals surface area contributed by atoms with Crippen molar-refractivity contribution in [2.45, 2.75) is 20.0 Å². The molecule has 0 amide bonds. The smallest absolute Gasteiger partial charge is 0.219 e. The molecule has 6 nitrogen and oxygen atoms in total. The molecule has 0 radical (unpaired) electrons. The lowest BCUT2D eigenvalue weighted by atomic mass is 10.2. The minimum atomic E-state index is -0.248. The average Bonchev–Trinajstić information content (AvgIpc) is 2.77. The van der Waals surface area contributed by atoms with Crippen LogP contribution in [0, 0.1) is 5.82 Å². The molecular formula is C23H25FN4O2. The quantitative estimate of drug-likeness (QED) is 0.430. The molecule has 3 rings (SSSR count). The van der Waals surface area contributed by atoms with E-state index in [2.05, 4.69) is 20.6 Å². The summed E-state index contributed by atoms with van der Waals surface area (Å²) in [5.74, 6) is 2.20. The maximum Gasteiger partial charge on any atom is 0.219 e. The Hall–Kier alpha value is -3.61. The second kappa shape index (κ2) is 10.8. The van der Waals surface area contributed by atoms with Gasteiger partial charge in [0.05, 0.1) is 6.61 Å². The third-order valence-electron chi connectivity index (χ3n) is 4.22. The number of nitrogens with one attached hydrogen (secondary N) is 2. The van der Waals surface area contributed by atoms with E-state index in [-0.39, 0.29) is 5.82 Å². The van der Waals surface area contributed by atoms with E-state index in [9.17, 15) is 4.39 Å². The molecule has 0 saturated carbocycles. The van der Waals surface area contributed by atoms with Crippen LogP contribution in [0.2, 0.25) is 0 Å². The van der Waals surface area contributed by atoms with Crippen molar-refractivity contribution >= 4 is 5.96 Å². The van der Waals surface area contributed by atoms with E-state index in [0.717, 1.165) is 11.1 Å². The number of rotatable bonds is 8. The highest BCUT2D eigenvalue weighted by Gasteiger charge is 2.06.